The van der Waals surface area contributed by atoms with E-state index in [-0.39, 0.29) is 25.7 Å². The molecule has 0 aliphatic rings. The molecule has 0 bridgehead atoms. The second kappa shape index (κ2) is 64.4. The van der Waals surface area contributed by atoms with Crippen molar-refractivity contribution in [2.45, 2.75) is 387 Å². The lowest BCUT2D eigenvalue weighted by molar-refractivity contribution is -0.161. The van der Waals surface area contributed by atoms with E-state index >= 15 is 0 Å². The highest BCUT2D eigenvalue weighted by Crippen LogP contribution is 2.45. The Hall–Kier alpha value is -1.94. The number of rotatable bonds is 71. The molecule has 0 saturated carbocycles. The Morgan fingerprint density at radius 2 is 0.533 bits per heavy atom. The van der Waals surface area contributed by atoms with Crippen molar-refractivity contribution in [2.24, 2.45) is 5.92 Å². The summed E-state index contributed by atoms with van der Waals surface area (Å²) in [6.07, 6.45) is 51.4. The van der Waals surface area contributed by atoms with Gasteiger partial charge in [0, 0.05) is 25.7 Å². The average molecular weight is 1330 g/mol. The van der Waals surface area contributed by atoms with E-state index in [0.29, 0.717) is 25.7 Å². The third-order valence-corrected chi connectivity index (χ3v) is 18.8. The average Bonchev–Trinajstić information content (AvgIpc) is 2.73. The maximum atomic E-state index is 13.0. The lowest BCUT2D eigenvalue weighted by atomic mass is 9.99. The zero-order valence-electron chi connectivity index (χ0n) is 58.3. The van der Waals surface area contributed by atoms with Crippen molar-refractivity contribution in [1.29, 1.82) is 0 Å². The summed E-state index contributed by atoms with van der Waals surface area (Å²) in [5, 5.41) is 10.6. The van der Waals surface area contributed by atoms with Gasteiger partial charge in [-0.05, 0) is 31.6 Å². The summed E-state index contributed by atoms with van der Waals surface area (Å²) in [7, 11) is -9.89. The number of ether oxygens (including phenoxy) is 4. The third-order valence-electron chi connectivity index (χ3n) is 16.9. The smallest absolute Gasteiger partial charge is 0.462 e. The quantitative estimate of drug-likeness (QED) is 0.0222. The van der Waals surface area contributed by atoms with Gasteiger partial charge in [-0.15, -0.1) is 0 Å². The number of unbranched alkanes of at least 4 members (excludes halogenated alkanes) is 42. The van der Waals surface area contributed by atoms with Crippen molar-refractivity contribution in [1.82, 2.24) is 0 Å². The summed E-state index contributed by atoms with van der Waals surface area (Å²) < 4.78 is 68.2. The first-order valence-corrected chi connectivity index (χ1v) is 40.2. The molecule has 0 aliphatic heterocycles. The van der Waals surface area contributed by atoms with Crippen molar-refractivity contribution in [2.75, 3.05) is 39.6 Å². The molecule has 0 radical (unpaired) electrons. The van der Waals surface area contributed by atoms with Gasteiger partial charge < -0.3 is 33.8 Å². The first-order valence-electron chi connectivity index (χ1n) is 37.2. The lowest BCUT2D eigenvalue weighted by Gasteiger charge is -2.21. The first-order chi connectivity index (χ1) is 43.6. The molecule has 534 valence electrons. The largest absolute Gasteiger partial charge is 0.472 e. The second-order valence-corrected chi connectivity index (χ2v) is 28.8. The molecule has 0 amide bonds. The minimum absolute atomic E-state index is 0.106. The molecule has 0 aromatic rings. The van der Waals surface area contributed by atoms with Gasteiger partial charge in [-0.2, -0.15) is 0 Å². The monoisotopic (exact) mass is 1320 g/mol. The van der Waals surface area contributed by atoms with Gasteiger partial charge in [0.1, 0.15) is 19.3 Å². The molecule has 0 fully saturated rings. The van der Waals surface area contributed by atoms with E-state index in [9.17, 15) is 43.2 Å². The van der Waals surface area contributed by atoms with Crippen LogP contribution in [0.15, 0.2) is 0 Å². The maximum Gasteiger partial charge on any atom is 0.472 e. The predicted molar refractivity (Wildman–Crippen MR) is 363 cm³/mol. The molecule has 0 rings (SSSR count). The van der Waals surface area contributed by atoms with Crippen LogP contribution in [0, 0.1) is 5.92 Å². The van der Waals surface area contributed by atoms with Gasteiger partial charge in [0.15, 0.2) is 12.2 Å². The van der Waals surface area contributed by atoms with Crippen LogP contribution in [0.25, 0.3) is 0 Å². The van der Waals surface area contributed by atoms with E-state index in [1.54, 1.807) is 0 Å². The van der Waals surface area contributed by atoms with Crippen LogP contribution in [0.2, 0.25) is 0 Å². The zero-order chi connectivity index (χ0) is 66.3. The highest BCUT2D eigenvalue weighted by Gasteiger charge is 2.30. The number of aliphatic hydroxyl groups excluding tert-OH is 1. The molecule has 0 aromatic carbocycles. The summed E-state index contributed by atoms with van der Waals surface area (Å²) in [6.45, 7) is 7.22. The lowest BCUT2D eigenvalue weighted by Crippen LogP contribution is -2.30. The number of aliphatic hydroxyl groups is 1. The minimum atomic E-state index is -4.95. The summed E-state index contributed by atoms with van der Waals surface area (Å²) in [5.74, 6) is -1.35. The maximum absolute atomic E-state index is 13.0. The first kappa shape index (κ1) is 88.1. The van der Waals surface area contributed by atoms with Crippen LogP contribution in [0.3, 0.4) is 0 Å². The Labute approximate surface area is 549 Å². The number of carbonyl (C=O) groups excluding carboxylic acids is 4. The van der Waals surface area contributed by atoms with Crippen LogP contribution in [0.1, 0.15) is 369 Å². The van der Waals surface area contributed by atoms with Crippen LogP contribution < -0.4 is 0 Å². The van der Waals surface area contributed by atoms with Gasteiger partial charge in [-0.1, -0.05) is 317 Å². The molecule has 0 spiro atoms. The molecule has 3 N–H and O–H groups in total. The van der Waals surface area contributed by atoms with Crippen molar-refractivity contribution in [3.05, 3.63) is 0 Å². The Morgan fingerprint density at radius 3 is 0.789 bits per heavy atom. The number of phosphoric ester groups is 2. The SMILES string of the molecule is CCCCCCCCCCCCCCCCCCCCCCC(=O)O[C@H](COC(=O)CCCCCCCCCCC(C)CC)COP(=O)(O)OC[C@@H](O)COP(=O)(O)OC[C@@H](COC(=O)CCCCCCCCCC)OC(=O)CCCCCCCCCCCC. The molecular weight excluding hydrogens is 1190 g/mol. The van der Waals surface area contributed by atoms with Gasteiger partial charge in [0.2, 0.25) is 0 Å². The molecule has 0 aromatic heterocycles. The number of phosphoric acid groups is 2. The highest BCUT2D eigenvalue weighted by atomic mass is 31.2. The summed E-state index contributed by atoms with van der Waals surface area (Å²) in [4.78, 5) is 72.4. The number of hydrogen-bond acceptors (Lipinski definition) is 15. The van der Waals surface area contributed by atoms with Crippen molar-refractivity contribution < 1.29 is 80.2 Å². The normalized spacial score (nSPS) is 14.4. The topological polar surface area (TPSA) is 237 Å². The van der Waals surface area contributed by atoms with Crippen LogP contribution in [0.4, 0.5) is 0 Å². The number of esters is 4. The second-order valence-electron chi connectivity index (χ2n) is 25.9. The van der Waals surface area contributed by atoms with Crippen LogP contribution in [-0.2, 0) is 65.4 Å². The van der Waals surface area contributed by atoms with Crippen LogP contribution in [0.5, 0.6) is 0 Å². The number of carbonyl (C=O) groups is 4. The van der Waals surface area contributed by atoms with E-state index < -0.39 is 97.5 Å². The zero-order valence-corrected chi connectivity index (χ0v) is 60.1. The summed E-state index contributed by atoms with van der Waals surface area (Å²) >= 11 is 0. The van der Waals surface area contributed by atoms with Gasteiger partial charge in [0.05, 0.1) is 26.4 Å². The molecule has 0 heterocycles. The van der Waals surface area contributed by atoms with Gasteiger partial charge in [-0.3, -0.25) is 37.3 Å². The Morgan fingerprint density at radius 1 is 0.311 bits per heavy atom. The Bertz CT molecular complexity index is 1740. The van der Waals surface area contributed by atoms with Crippen molar-refractivity contribution >= 4 is 39.5 Å². The fraction of sp³-hybridized carbons (Fsp3) is 0.944. The van der Waals surface area contributed by atoms with Gasteiger partial charge in [0.25, 0.3) is 0 Å². The molecule has 90 heavy (non-hydrogen) atoms. The van der Waals surface area contributed by atoms with E-state index in [1.807, 2.05) is 0 Å². The van der Waals surface area contributed by atoms with Crippen molar-refractivity contribution in [3.8, 4) is 0 Å². The van der Waals surface area contributed by atoms with E-state index in [4.69, 9.17) is 37.0 Å². The summed E-state index contributed by atoms with van der Waals surface area (Å²) in [5.41, 5.74) is 0. The molecular formula is C71H138O17P2. The van der Waals surface area contributed by atoms with E-state index in [1.165, 1.54) is 186 Å². The van der Waals surface area contributed by atoms with Gasteiger partial charge in [-0.25, -0.2) is 9.13 Å². The molecule has 6 atom stereocenters. The standard InChI is InChI=1S/C71H138O17P2/c1-6-10-13-16-19-22-24-25-26-27-28-29-30-31-32-33-35-42-47-52-57-71(76)88-67(61-82-69(74)55-50-45-40-37-36-38-43-48-53-64(5)9-4)63-86-90(79,80)84-59-65(72)58-83-89(77,78)85-62-66(60-81-68(73)54-49-44-39-21-18-15-12-8-3)87-70(75)56-51-46-41-34-23-20-17-14-11-7-2/h64-67,72H,6-63H2,1-5H3,(H,77,78)(H,79,80)/t64?,65-,66+,67+/m0/s1. The minimum Gasteiger partial charge on any atom is -0.462 e. The highest BCUT2D eigenvalue weighted by molar-refractivity contribution is 7.47. The molecule has 17 nitrogen and oxygen atoms in total. The molecule has 0 aliphatic carbocycles. The molecule has 3 unspecified atom stereocenters. The Balaban J connectivity index is 5.17. The van der Waals surface area contributed by atoms with Gasteiger partial charge >= 0.3 is 39.5 Å². The van der Waals surface area contributed by atoms with Crippen LogP contribution in [-0.4, -0.2) is 96.7 Å². The van der Waals surface area contributed by atoms with E-state index in [0.717, 1.165) is 102 Å². The number of hydrogen-bond donors (Lipinski definition) is 3. The predicted octanol–water partition coefficient (Wildman–Crippen LogP) is 20.5. The third kappa shape index (κ3) is 63.5. The Kier molecular flexibility index (Phi) is 63.0. The van der Waals surface area contributed by atoms with Crippen LogP contribution >= 0.6 is 15.6 Å². The summed E-state index contributed by atoms with van der Waals surface area (Å²) in [6, 6.07) is 0. The molecule has 19 heteroatoms. The molecule has 0 saturated heterocycles. The fourth-order valence-electron chi connectivity index (χ4n) is 10.8. The van der Waals surface area contributed by atoms with E-state index in [2.05, 4.69) is 34.6 Å². The fourth-order valence-corrected chi connectivity index (χ4v) is 12.4. The van der Waals surface area contributed by atoms with Crippen molar-refractivity contribution in [3.63, 3.8) is 0 Å².